The molecule has 0 radical (unpaired) electrons. The number of halogens is 2. The molecule has 4 rings (SSSR count). The zero-order valence-electron chi connectivity index (χ0n) is 19.4. The van der Waals surface area contributed by atoms with Gasteiger partial charge in [-0.1, -0.05) is 23.7 Å². The van der Waals surface area contributed by atoms with Crippen molar-refractivity contribution in [1.82, 2.24) is 20.2 Å². The molecule has 1 aromatic heterocycles. The number of rotatable bonds is 9. The molecule has 2 heterocycles. The van der Waals surface area contributed by atoms with Gasteiger partial charge in [0.2, 0.25) is 0 Å². The third-order valence-corrected chi connectivity index (χ3v) is 6.02. The van der Waals surface area contributed by atoms with E-state index in [-0.39, 0.29) is 34.2 Å². The predicted octanol–water partition coefficient (Wildman–Crippen LogP) is 2.94. The molecule has 3 aromatic rings. The highest BCUT2D eigenvalue weighted by molar-refractivity contribution is 6.34. The molecule has 1 fully saturated rings. The zero-order chi connectivity index (χ0) is 25.5. The Hall–Kier alpha value is -3.60. The monoisotopic (exact) mass is 513 g/mol. The zero-order valence-corrected chi connectivity index (χ0v) is 20.1. The topological polar surface area (TPSA) is 116 Å². The number of carbonyl (C=O) groups excluding carboxylic acids is 3. The highest BCUT2D eigenvalue weighted by atomic mass is 35.5. The number of hydrogen-bond acceptors (Lipinski definition) is 6. The van der Waals surface area contributed by atoms with E-state index in [0.29, 0.717) is 37.6 Å². The van der Waals surface area contributed by atoms with E-state index in [0.717, 1.165) is 19.2 Å². The van der Waals surface area contributed by atoms with Gasteiger partial charge in [0.1, 0.15) is 11.5 Å². The van der Waals surface area contributed by atoms with Crippen molar-refractivity contribution in [2.75, 3.05) is 44.7 Å². The van der Waals surface area contributed by atoms with Crippen LogP contribution in [-0.2, 0) is 11.2 Å². The predicted molar refractivity (Wildman–Crippen MR) is 132 cm³/mol. The van der Waals surface area contributed by atoms with E-state index < -0.39 is 17.6 Å². The second kappa shape index (κ2) is 11.9. The van der Waals surface area contributed by atoms with Gasteiger partial charge >= 0.3 is 0 Å². The van der Waals surface area contributed by atoms with Crippen LogP contribution in [-0.4, -0.2) is 71.9 Å². The number of carbonyl (C=O) groups is 3. The molecule has 0 aliphatic carbocycles. The van der Waals surface area contributed by atoms with Gasteiger partial charge in [-0.2, -0.15) is 0 Å². The number of Topliss-reactive ketones (excluding diaryl/α,β-unsaturated/α-hetero) is 1. The summed E-state index contributed by atoms with van der Waals surface area (Å²) >= 11 is 5.97. The number of morpholine rings is 1. The number of anilines is 1. The summed E-state index contributed by atoms with van der Waals surface area (Å²) in [6.45, 7) is 4.12. The summed E-state index contributed by atoms with van der Waals surface area (Å²) < 4.78 is 18.5. The highest BCUT2D eigenvalue weighted by Crippen LogP contribution is 2.20. The van der Waals surface area contributed by atoms with Crippen LogP contribution in [0.1, 0.15) is 36.9 Å². The van der Waals surface area contributed by atoms with E-state index in [1.807, 2.05) is 0 Å². The first kappa shape index (κ1) is 25.5. The number of ether oxygens (including phenoxy) is 1. The Bertz CT molecular complexity index is 1240. The number of H-pyrrole nitrogens is 1. The first-order valence-corrected chi connectivity index (χ1v) is 11.8. The Balaban J connectivity index is 1.31. The Morgan fingerprint density at radius 1 is 1.08 bits per heavy atom. The molecule has 1 aliphatic heterocycles. The van der Waals surface area contributed by atoms with Crippen molar-refractivity contribution in [2.45, 2.75) is 6.42 Å². The summed E-state index contributed by atoms with van der Waals surface area (Å²) in [5, 5.41) is 5.57. The molecular formula is C25H25ClFN5O4. The average molecular weight is 514 g/mol. The lowest BCUT2D eigenvalue weighted by Crippen LogP contribution is -2.41. The second-order valence-electron chi connectivity index (χ2n) is 8.21. The van der Waals surface area contributed by atoms with Crippen LogP contribution < -0.4 is 10.6 Å². The van der Waals surface area contributed by atoms with Gasteiger partial charge < -0.3 is 20.4 Å². The van der Waals surface area contributed by atoms with Gasteiger partial charge in [0, 0.05) is 43.9 Å². The summed E-state index contributed by atoms with van der Waals surface area (Å²) in [5.41, 5.74) is 1.46. The molecule has 1 saturated heterocycles. The van der Waals surface area contributed by atoms with Gasteiger partial charge in [0.05, 0.1) is 24.6 Å². The van der Waals surface area contributed by atoms with Crippen LogP contribution in [0, 0.1) is 5.82 Å². The van der Waals surface area contributed by atoms with Crippen molar-refractivity contribution in [2.24, 2.45) is 0 Å². The Labute approximate surface area is 212 Å². The van der Waals surface area contributed by atoms with Gasteiger partial charge in [-0.25, -0.2) is 9.37 Å². The lowest BCUT2D eigenvalue weighted by Gasteiger charge is -2.26. The average Bonchev–Trinajstić information content (AvgIpc) is 3.36. The molecular weight excluding hydrogens is 489 g/mol. The number of benzene rings is 2. The van der Waals surface area contributed by atoms with Crippen LogP contribution in [0.15, 0.2) is 48.8 Å². The van der Waals surface area contributed by atoms with E-state index >= 15 is 0 Å². The van der Waals surface area contributed by atoms with Crippen LogP contribution in [0.4, 0.5) is 10.1 Å². The highest BCUT2D eigenvalue weighted by Gasteiger charge is 2.21. The minimum absolute atomic E-state index is 0.0240. The van der Waals surface area contributed by atoms with Gasteiger partial charge in [0.15, 0.2) is 11.5 Å². The fourth-order valence-corrected chi connectivity index (χ4v) is 4.05. The van der Waals surface area contributed by atoms with Crippen molar-refractivity contribution in [3.05, 3.63) is 82.1 Å². The van der Waals surface area contributed by atoms with E-state index in [9.17, 15) is 18.8 Å². The number of nitrogens with zero attached hydrogens (tertiary/aromatic N) is 2. The van der Waals surface area contributed by atoms with Crippen molar-refractivity contribution in [3.63, 3.8) is 0 Å². The van der Waals surface area contributed by atoms with Crippen molar-refractivity contribution in [3.8, 4) is 0 Å². The maximum atomic E-state index is 13.2. The van der Waals surface area contributed by atoms with Gasteiger partial charge in [-0.15, -0.1) is 0 Å². The molecule has 9 nitrogen and oxygen atoms in total. The standard InChI is InChI=1S/C25H25ClFN5O4/c26-20-14-17(27)3-6-19(20)21(33)13-16-1-4-18(5-2-16)31-25(35)23-22(29-15-30-23)24(34)28-7-8-32-9-11-36-12-10-32/h1-6,14-15H,7-13H2,(H,28,34)(H,29,30)(H,31,35). The fourth-order valence-electron chi connectivity index (χ4n) is 3.77. The minimum Gasteiger partial charge on any atom is -0.379 e. The Kier molecular flexibility index (Phi) is 8.42. The van der Waals surface area contributed by atoms with Crippen LogP contribution in [0.3, 0.4) is 0 Å². The van der Waals surface area contributed by atoms with Crippen molar-refractivity contribution in [1.29, 1.82) is 0 Å². The molecule has 2 amide bonds. The third-order valence-electron chi connectivity index (χ3n) is 5.71. The summed E-state index contributed by atoms with van der Waals surface area (Å²) in [4.78, 5) is 46.7. The number of imidazole rings is 1. The van der Waals surface area contributed by atoms with Gasteiger partial charge in [-0.05, 0) is 35.9 Å². The molecule has 36 heavy (non-hydrogen) atoms. The Morgan fingerprint density at radius 3 is 2.56 bits per heavy atom. The second-order valence-corrected chi connectivity index (χ2v) is 8.62. The SMILES string of the molecule is O=C(Cc1ccc(NC(=O)c2nc[nH]c2C(=O)NCCN2CCOCC2)cc1)c1ccc(F)cc1Cl. The quantitative estimate of drug-likeness (QED) is 0.379. The third kappa shape index (κ3) is 6.54. The largest absolute Gasteiger partial charge is 0.379 e. The number of aromatic amines is 1. The Morgan fingerprint density at radius 2 is 1.83 bits per heavy atom. The smallest absolute Gasteiger partial charge is 0.276 e. The van der Waals surface area contributed by atoms with Crippen LogP contribution in [0.25, 0.3) is 0 Å². The van der Waals surface area contributed by atoms with E-state index in [4.69, 9.17) is 16.3 Å². The first-order valence-electron chi connectivity index (χ1n) is 11.4. The molecule has 3 N–H and O–H groups in total. The van der Waals surface area contributed by atoms with E-state index in [1.54, 1.807) is 24.3 Å². The molecule has 1 aliphatic rings. The van der Waals surface area contributed by atoms with Crippen molar-refractivity contribution >= 4 is 34.9 Å². The first-order chi connectivity index (χ1) is 17.4. The molecule has 0 atom stereocenters. The number of nitrogens with one attached hydrogen (secondary N) is 3. The van der Waals surface area contributed by atoms with Crippen LogP contribution in [0.2, 0.25) is 5.02 Å². The molecule has 0 unspecified atom stereocenters. The van der Waals surface area contributed by atoms with Crippen LogP contribution >= 0.6 is 11.6 Å². The van der Waals surface area contributed by atoms with Crippen LogP contribution in [0.5, 0.6) is 0 Å². The van der Waals surface area contributed by atoms with Gasteiger partial charge in [-0.3, -0.25) is 19.3 Å². The lowest BCUT2D eigenvalue weighted by atomic mass is 10.0. The molecule has 0 spiro atoms. The molecule has 11 heteroatoms. The molecule has 2 aromatic carbocycles. The fraction of sp³-hybridized carbons (Fsp3) is 0.280. The summed E-state index contributed by atoms with van der Waals surface area (Å²) in [6, 6.07) is 10.3. The minimum atomic E-state index is -0.545. The molecule has 0 saturated carbocycles. The number of hydrogen-bond donors (Lipinski definition) is 3. The van der Waals surface area contributed by atoms with Gasteiger partial charge in [0.25, 0.3) is 11.8 Å². The molecule has 0 bridgehead atoms. The maximum Gasteiger partial charge on any atom is 0.276 e. The number of ketones is 1. The summed E-state index contributed by atoms with van der Waals surface area (Å²) in [5.74, 6) is -1.73. The van der Waals surface area contributed by atoms with E-state index in [1.165, 1.54) is 18.5 Å². The van der Waals surface area contributed by atoms with Crippen molar-refractivity contribution < 1.29 is 23.5 Å². The lowest BCUT2D eigenvalue weighted by molar-refractivity contribution is 0.0383. The number of amides is 2. The number of aromatic nitrogens is 2. The summed E-state index contributed by atoms with van der Waals surface area (Å²) in [6.07, 6.45) is 1.36. The molecule has 188 valence electrons. The summed E-state index contributed by atoms with van der Waals surface area (Å²) in [7, 11) is 0. The van der Waals surface area contributed by atoms with E-state index in [2.05, 4.69) is 25.5 Å². The maximum absolute atomic E-state index is 13.2. The normalized spacial score (nSPS) is 13.8.